The van der Waals surface area contributed by atoms with Gasteiger partial charge in [0.05, 0.1) is 20.8 Å². The van der Waals surface area contributed by atoms with Gasteiger partial charge in [0.15, 0.2) is 0 Å². The minimum Gasteiger partial charge on any atom is -0.390 e. The van der Waals surface area contributed by atoms with Crippen molar-refractivity contribution in [3.8, 4) is 0 Å². The van der Waals surface area contributed by atoms with Gasteiger partial charge in [0.1, 0.15) is 5.60 Å². The third-order valence-corrected chi connectivity index (χ3v) is 11.9. The van der Waals surface area contributed by atoms with Crippen LogP contribution in [0.15, 0.2) is 126 Å². The quantitative estimate of drug-likeness (QED) is 0.140. The lowest BCUT2D eigenvalue weighted by atomic mass is 9.80. The highest BCUT2D eigenvalue weighted by Crippen LogP contribution is 2.41. The lowest BCUT2D eigenvalue weighted by molar-refractivity contribution is -0.0341. The summed E-state index contributed by atoms with van der Waals surface area (Å²) in [5.41, 5.74) is 2.31. The molecule has 2 nitrogen and oxygen atoms in total. The number of aliphatic hydroxyl groups excluding tert-OH is 1. The van der Waals surface area contributed by atoms with Crippen LogP contribution in [0.25, 0.3) is 0 Å². The number of ether oxygens (including phenoxy) is 1. The molecule has 0 amide bonds. The first kappa shape index (κ1) is 25.5. The standard InChI is InChI=1S/C31H34O2SSi/c1-35(2,3)30(34-28-22-14-7-15-23-28)29(32)24-33-31(25-16-8-4-9-17-25,26-18-10-5-11-19-26)27-20-12-6-13-21-27/h4-23,29-30,32H,24H2,1-3H3/t29-,30+/m0/s1. The molecule has 1 N–H and O–H groups in total. The van der Waals surface area contributed by atoms with Crippen molar-refractivity contribution in [1.82, 2.24) is 0 Å². The zero-order valence-electron chi connectivity index (χ0n) is 20.7. The maximum absolute atomic E-state index is 11.6. The number of hydrogen-bond donors (Lipinski definition) is 1. The summed E-state index contributed by atoms with van der Waals surface area (Å²) in [6, 6.07) is 41.4. The number of thioether (sulfide) groups is 1. The van der Waals surface area contributed by atoms with Gasteiger partial charge in [0, 0.05) is 9.77 Å². The molecule has 4 aromatic carbocycles. The number of aliphatic hydroxyl groups is 1. The van der Waals surface area contributed by atoms with Gasteiger partial charge in [0.25, 0.3) is 0 Å². The van der Waals surface area contributed by atoms with E-state index < -0.39 is 19.8 Å². The molecule has 0 bridgehead atoms. The van der Waals surface area contributed by atoms with E-state index >= 15 is 0 Å². The van der Waals surface area contributed by atoms with Crippen molar-refractivity contribution < 1.29 is 9.84 Å². The molecule has 4 heteroatoms. The Kier molecular flexibility index (Phi) is 8.29. The SMILES string of the molecule is C[Si](C)(C)[C@@H](Sc1ccccc1)[C@@H](O)COC(c1ccccc1)(c1ccccc1)c1ccccc1. The Morgan fingerprint density at radius 2 is 1.03 bits per heavy atom. The van der Waals surface area contributed by atoms with Crippen LogP contribution in [0.5, 0.6) is 0 Å². The van der Waals surface area contributed by atoms with E-state index in [-0.39, 0.29) is 11.5 Å². The molecule has 0 aliphatic carbocycles. The van der Waals surface area contributed by atoms with Crippen LogP contribution in [0.3, 0.4) is 0 Å². The predicted molar refractivity (Wildman–Crippen MR) is 151 cm³/mol. The van der Waals surface area contributed by atoms with Gasteiger partial charge in [-0.3, -0.25) is 0 Å². The summed E-state index contributed by atoms with van der Waals surface area (Å²) < 4.78 is 6.92. The van der Waals surface area contributed by atoms with Crippen LogP contribution in [0.4, 0.5) is 0 Å². The minimum atomic E-state index is -1.73. The molecule has 0 aliphatic rings. The molecule has 0 heterocycles. The second-order valence-electron chi connectivity index (χ2n) is 9.88. The van der Waals surface area contributed by atoms with Crippen LogP contribution in [0, 0.1) is 0 Å². The average Bonchev–Trinajstić information content (AvgIpc) is 2.89. The second-order valence-corrected chi connectivity index (χ2v) is 16.9. The van der Waals surface area contributed by atoms with E-state index in [1.54, 1.807) is 11.8 Å². The largest absolute Gasteiger partial charge is 0.390 e. The molecule has 0 radical (unpaired) electrons. The fraction of sp³-hybridized carbons (Fsp3) is 0.226. The first-order chi connectivity index (χ1) is 16.9. The molecule has 180 valence electrons. The van der Waals surface area contributed by atoms with E-state index in [0.29, 0.717) is 0 Å². The Bertz CT molecular complexity index is 1070. The molecular formula is C31H34O2SSi. The molecule has 0 aliphatic heterocycles. The van der Waals surface area contributed by atoms with E-state index in [1.165, 1.54) is 4.90 Å². The van der Waals surface area contributed by atoms with Gasteiger partial charge in [-0.1, -0.05) is 129 Å². The van der Waals surface area contributed by atoms with Gasteiger partial charge in [-0.25, -0.2) is 0 Å². The third-order valence-electron chi connectivity index (χ3n) is 6.22. The first-order valence-electron chi connectivity index (χ1n) is 12.1. The Morgan fingerprint density at radius 3 is 1.40 bits per heavy atom. The van der Waals surface area contributed by atoms with Crippen LogP contribution < -0.4 is 0 Å². The summed E-state index contributed by atoms with van der Waals surface area (Å²) in [4.78, 5) is 1.27. The Hall–Kier alpha value is -2.63. The molecule has 2 atom stereocenters. The van der Waals surface area contributed by atoms with E-state index in [9.17, 15) is 5.11 Å². The Labute approximate surface area is 215 Å². The van der Waals surface area contributed by atoms with Crippen molar-refractivity contribution in [1.29, 1.82) is 0 Å². The van der Waals surface area contributed by atoms with Crippen molar-refractivity contribution in [2.24, 2.45) is 0 Å². The summed E-state index contributed by atoms with van der Waals surface area (Å²) in [7, 11) is -1.73. The van der Waals surface area contributed by atoms with Gasteiger partial charge >= 0.3 is 0 Å². The highest BCUT2D eigenvalue weighted by Gasteiger charge is 2.40. The molecule has 0 fully saturated rings. The summed E-state index contributed by atoms with van der Waals surface area (Å²) in [6.07, 6.45) is -0.609. The van der Waals surface area contributed by atoms with Crippen molar-refractivity contribution >= 4 is 19.8 Å². The van der Waals surface area contributed by atoms with Crippen molar-refractivity contribution in [3.05, 3.63) is 138 Å². The molecule has 0 aromatic heterocycles. The fourth-order valence-electron chi connectivity index (χ4n) is 4.54. The number of benzene rings is 4. The predicted octanol–water partition coefficient (Wildman–Crippen LogP) is 7.39. The van der Waals surface area contributed by atoms with Crippen LogP contribution in [0.2, 0.25) is 19.6 Å². The lowest BCUT2D eigenvalue weighted by Gasteiger charge is -2.39. The van der Waals surface area contributed by atoms with Crippen molar-refractivity contribution in [2.75, 3.05) is 6.61 Å². The highest BCUT2D eigenvalue weighted by atomic mass is 32.2. The third kappa shape index (κ3) is 5.96. The van der Waals surface area contributed by atoms with Crippen molar-refractivity contribution in [2.45, 2.75) is 41.1 Å². The molecule has 0 unspecified atom stereocenters. The summed E-state index contributed by atoms with van der Waals surface area (Å²) in [6.45, 7) is 7.18. The maximum Gasteiger partial charge on any atom is 0.143 e. The van der Waals surface area contributed by atoms with Gasteiger partial charge in [-0.2, -0.15) is 0 Å². The molecular weight excluding hydrogens is 464 g/mol. The number of hydrogen-bond acceptors (Lipinski definition) is 3. The lowest BCUT2D eigenvalue weighted by Crippen LogP contribution is -2.47. The molecule has 0 spiro atoms. The van der Waals surface area contributed by atoms with Crippen LogP contribution in [0.1, 0.15) is 16.7 Å². The monoisotopic (exact) mass is 498 g/mol. The van der Waals surface area contributed by atoms with Crippen LogP contribution >= 0.6 is 11.8 Å². The van der Waals surface area contributed by atoms with E-state index in [2.05, 4.69) is 80.3 Å². The topological polar surface area (TPSA) is 29.5 Å². The molecule has 4 rings (SSSR count). The fourth-order valence-corrected chi connectivity index (χ4v) is 8.46. The van der Waals surface area contributed by atoms with Gasteiger partial charge in [-0.05, 0) is 28.8 Å². The Morgan fingerprint density at radius 1 is 0.657 bits per heavy atom. The van der Waals surface area contributed by atoms with E-state index in [0.717, 1.165) is 16.7 Å². The van der Waals surface area contributed by atoms with Crippen LogP contribution in [-0.2, 0) is 10.3 Å². The molecule has 35 heavy (non-hydrogen) atoms. The van der Waals surface area contributed by atoms with Gasteiger partial charge < -0.3 is 9.84 Å². The second kappa shape index (κ2) is 11.4. The normalized spacial score (nSPS) is 13.8. The summed E-state index contributed by atoms with van der Waals surface area (Å²) in [5, 5.41) is 11.6. The minimum absolute atomic E-state index is 0.0879. The average molecular weight is 499 g/mol. The van der Waals surface area contributed by atoms with Crippen molar-refractivity contribution in [3.63, 3.8) is 0 Å². The zero-order chi connectivity index (χ0) is 24.7. The maximum atomic E-state index is 11.6. The number of rotatable bonds is 10. The van der Waals surface area contributed by atoms with E-state index in [4.69, 9.17) is 4.74 Å². The van der Waals surface area contributed by atoms with E-state index in [1.807, 2.05) is 60.7 Å². The molecule has 4 aromatic rings. The van der Waals surface area contributed by atoms with Gasteiger partial charge in [-0.15, -0.1) is 11.8 Å². The smallest absolute Gasteiger partial charge is 0.143 e. The first-order valence-corrected chi connectivity index (χ1v) is 16.6. The summed E-state index contributed by atoms with van der Waals surface area (Å²) >= 11 is 1.77. The molecule has 0 saturated heterocycles. The van der Waals surface area contributed by atoms with Gasteiger partial charge in [0.2, 0.25) is 0 Å². The zero-order valence-corrected chi connectivity index (χ0v) is 22.5. The summed E-state index contributed by atoms with van der Waals surface area (Å²) in [5.74, 6) is 0. The van der Waals surface area contributed by atoms with Crippen LogP contribution in [-0.4, -0.2) is 30.8 Å². The molecule has 0 saturated carbocycles. The Balaban J connectivity index is 1.73. The highest BCUT2D eigenvalue weighted by molar-refractivity contribution is 8.01.